The average molecular weight is 431 g/mol. The molecule has 9 nitrogen and oxygen atoms in total. The number of nitrogens with two attached hydrogens (primary N) is 1. The van der Waals surface area contributed by atoms with Crippen LogP contribution in [-0.4, -0.2) is 47.1 Å². The molecular formula is C20H19F2N5O4. The zero-order valence-electron chi connectivity index (χ0n) is 16.3. The molecule has 3 aromatic rings. The molecule has 1 saturated heterocycles. The first-order chi connectivity index (χ1) is 14.9. The first-order valence-electron chi connectivity index (χ1n) is 9.46. The Labute approximate surface area is 174 Å². The van der Waals surface area contributed by atoms with Gasteiger partial charge in [0.05, 0.1) is 18.9 Å². The predicted octanol–water partition coefficient (Wildman–Crippen LogP) is 1.26. The lowest BCUT2D eigenvalue weighted by molar-refractivity contribution is 0.0944. The van der Waals surface area contributed by atoms with Crippen LogP contribution in [0.5, 0.6) is 0 Å². The minimum absolute atomic E-state index is 0.0234. The normalized spacial score (nSPS) is 14.1. The van der Waals surface area contributed by atoms with E-state index in [0.717, 1.165) is 6.07 Å². The first-order valence-corrected chi connectivity index (χ1v) is 9.46. The third-order valence-electron chi connectivity index (χ3n) is 5.04. The number of halogens is 2. The molecule has 1 amide bonds. The van der Waals surface area contributed by atoms with Gasteiger partial charge in [-0.15, -0.1) is 4.73 Å². The Kier molecular flexibility index (Phi) is 5.42. The average Bonchev–Trinajstić information content (AvgIpc) is 2.77. The van der Waals surface area contributed by atoms with Gasteiger partial charge in [0.2, 0.25) is 0 Å². The van der Waals surface area contributed by atoms with E-state index in [1.165, 1.54) is 6.07 Å². The molecule has 2 aromatic heterocycles. The van der Waals surface area contributed by atoms with E-state index >= 15 is 0 Å². The number of ether oxygens (including phenoxy) is 1. The smallest absolute Gasteiger partial charge is 0.299 e. The van der Waals surface area contributed by atoms with Gasteiger partial charge < -0.3 is 25.9 Å². The SMILES string of the molecule is Nc1c(C(=O)NCc2ccc(F)cc2F)c(=O)n(O)c2nc(N3CCOCC3)ccc12. The molecule has 1 fully saturated rings. The van der Waals surface area contributed by atoms with E-state index in [0.29, 0.717) is 38.2 Å². The van der Waals surface area contributed by atoms with Crippen LogP contribution in [0.25, 0.3) is 11.0 Å². The molecule has 0 bridgehead atoms. The summed E-state index contributed by atoms with van der Waals surface area (Å²) in [6, 6.07) is 6.14. The van der Waals surface area contributed by atoms with E-state index in [2.05, 4.69) is 10.3 Å². The van der Waals surface area contributed by atoms with E-state index < -0.39 is 28.7 Å². The molecule has 3 heterocycles. The fraction of sp³-hybridized carbons (Fsp3) is 0.250. The minimum atomic E-state index is -1.06. The summed E-state index contributed by atoms with van der Waals surface area (Å²) in [7, 11) is 0. The van der Waals surface area contributed by atoms with Crippen LogP contribution < -0.4 is 21.5 Å². The summed E-state index contributed by atoms with van der Waals surface area (Å²) in [5, 5.41) is 12.9. The number of carbonyl (C=O) groups excluding carboxylic acids is 1. The van der Waals surface area contributed by atoms with Crippen LogP contribution in [0.4, 0.5) is 20.3 Å². The standard InChI is InChI=1S/C20H19F2N5O4/c21-12-2-1-11(14(22)9-12)10-24-19(28)16-17(23)13-3-4-15(26-5-7-31-8-6-26)25-18(13)27(30)20(16)29/h1-4,9,30H,5-8,10,23H2,(H,24,28). The van der Waals surface area contributed by atoms with Crippen LogP contribution in [-0.2, 0) is 11.3 Å². The molecule has 4 rings (SSSR count). The summed E-state index contributed by atoms with van der Waals surface area (Å²) in [4.78, 5) is 31.5. The van der Waals surface area contributed by atoms with Crippen LogP contribution in [0, 0.1) is 11.6 Å². The molecule has 0 aliphatic carbocycles. The number of carbonyl (C=O) groups is 1. The van der Waals surface area contributed by atoms with Crippen molar-refractivity contribution in [3.8, 4) is 0 Å². The van der Waals surface area contributed by atoms with E-state index in [4.69, 9.17) is 10.5 Å². The molecule has 1 aromatic carbocycles. The van der Waals surface area contributed by atoms with Gasteiger partial charge >= 0.3 is 0 Å². The molecule has 11 heteroatoms. The van der Waals surface area contributed by atoms with E-state index in [-0.39, 0.29) is 33.6 Å². The number of hydrogen-bond acceptors (Lipinski definition) is 7. The topological polar surface area (TPSA) is 123 Å². The molecule has 1 aliphatic heterocycles. The van der Waals surface area contributed by atoms with E-state index in [1.54, 1.807) is 12.1 Å². The molecule has 162 valence electrons. The summed E-state index contributed by atoms with van der Waals surface area (Å²) >= 11 is 0. The highest BCUT2D eigenvalue weighted by atomic mass is 19.1. The molecular weight excluding hydrogens is 412 g/mol. The maximum atomic E-state index is 13.8. The van der Waals surface area contributed by atoms with Crippen molar-refractivity contribution in [1.82, 2.24) is 15.0 Å². The van der Waals surface area contributed by atoms with Crippen LogP contribution in [0.1, 0.15) is 15.9 Å². The number of anilines is 2. The van der Waals surface area contributed by atoms with Crippen LogP contribution in [0.15, 0.2) is 35.1 Å². The number of fused-ring (bicyclic) bond motifs is 1. The molecule has 0 saturated carbocycles. The summed E-state index contributed by atoms with van der Waals surface area (Å²) in [6.45, 7) is 1.96. The van der Waals surface area contributed by atoms with Crippen molar-refractivity contribution >= 4 is 28.4 Å². The van der Waals surface area contributed by atoms with Crippen molar-refractivity contribution in [2.75, 3.05) is 36.9 Å². The van der Waals surface area contributed by atoms with Gasteiger partial charge in [0.1, 0.15) is 23.0 Å². The number of aromatic nitrogens is 2. The molecule has 0 spiro atoms. The fourth-order valence-corrected chi connectivity index (χ4v) is 3.38. The fourth-order valence-electron chi connectivity index (χ4n) is 3.38. The van der Waals surface area contributed by atoms with E-state index in [1.807, 2.05) is 4.90 Å². The quantitative estimate of drug-likeness (QED) is 0.532. The van der Waals surface area contributed by atoms with Gasteiger partial charge in [-0.05, 0) is 18.2 Å². The van der Waals surface area contributed by atoms with Crippen molar-refractivity contribution < 1.29 is 23.5 Å². The number of rotatable bonds is 4. The van der Waals surface area contributed by atoms with Gasteiger partial charge in [-0.2, -0.15) is 0 Å². The maximum Gasteiger partial charge on any atom is 0.299 e. The predicted molar refractivity (Wildman–Crippen MR) is 108 cm³/mol. The monoisotopic (exact) mass is 431 g/mol. The first kappa shape index (κ1) is 20.5. The number of amides is 1. The van der Waals surface area contributed by atoms with Gasteiger partial charge in [0.25, 0.3) is 11.5 Å². The van der Waals surface area contributed by atoms with Crippen molar-refractivity contribution in [3.63, 3.8) is 0 Å². The highest BCUT2D eigenvalue weighted by Crippen LogP contribution is 2.24. The van der Waals surface area contributed by atoms with Crippen molar-refractivity contribution in [2.45, 2.75) is 6.54 Å². The maximum absolute atomic E-state index is 13.8. The van der Waals surface area contributed by atoms with Gasteiger partial charge in [-0.3, -0.25) is 9.59 Å². The molecule has 31 heavy (non-hydrogen) atoms. The summed E-state index contributed by atoms with van der Waals surface area (Å²) in [5.74, 6) is -1.97. The van der Waals surface area contributed by atoms with Crippen LogP contribution in [0.3, 0.4) is 0 Å². The van der Waals surface area contributed by atoms with Crippen molar-refractivity contribution in [3.05, 3.63) is 63.4 Å². The number of morpholine rings is 1. The lowest BCUT2D eigenvalue weighted by Crippen LogP contribution is -2.37. The zero-order valence-corrected chi connectivity index (χ0v) is 16.3. The Morgan fingerprint density at radius 2 is 1.97 bits per heavy atom. The Bertz CT molecular complexity index is 1220. The second-order valence-corrected chi connectivity index (χ2v) is 6.96. The second-order valence-electron chi connectivity index (χ2n) is 6.96. The number of nitrogen functional groups attached to an aromatic ring is 1. The van der Waals surface area contributed by atoms with Gasteiger partial charge in [-0.25, -0.2) is 13.8 Å². The molecule has 1 aliphatic rings. The number of nitrogens with zero attached hydrogens (tertiary/aromatic N) is 3. The number of hydrogen-bond donors (Lipinski definition) is 3. The Balaban J connectivity index is 1.66. The Hall–Kier alpha value is -3.73. The molecule has 0 unspecified atom stereocenters. The third kappa shape index (κ3) is 3.87. The highest BCUT2D eigenvalue weighted by molar-refractivity contribution is 6.05. The zero-order chi connectivity index (χ0) is 22.1. The summed E-state index contributed by atoms with van der Waals surface area (Å²) < 4.78 is 32.4. The van der Waals surface area contributed by atoms with Crippen LogP contribution >= 0.6 is 0 Å². The largest absolute Gasteiger partial charge is 0.423 e. The highest BCUT2D eigenvalue weighted by Gasteiger charge is 2.23. The van der Waals surface area contributed by atoms with Crippen molar-refractivity contribution in [1.29, 1.82) is 0 Å². The van der Waals surface area contributed by atoms with Gasteiger partial charge in [0, 0.05) is 36.7 Å². The third-order valence-corrected chi connectivity index (χ3v) is 5.04. The number of pyridine rings is 2. The molecule has 0 radical (unpaired) electrons. The summed E-state index contributed by atoms with van der Waals surface area (Å²) in [6.07, 6.45) is 0. The second kappa shape index (κ2) is 8.19. The molecule has 4 N–H and O–H groups in total. The van der Waals surface area contributed by atoms with Crippen molar-refractivity contribution in [2.24, 2.45) is 0 Å². The number of benzene rings is 1. The van der Waals surface area contributed by atoms with E-state index in [9.17, 15) is 23.6 Å². The lowest BCUT2D eigenvalue weighted by Gasteiger charge is -2.28. The Morgan fingerprint density at radius 1 is 1.23 bits per heavy atom. The Morgan fingerprint density at radius 3 is 2.68 bits per heavy atom. The van der Waals surface area contributed by atoms with Gasteiger partial charge in [-0.1, -0.05) is 6.07 Å². The number of nitrogens with one attached hydrogen (secondary N) is 1. The van der Waals surface area contributed by atoms with Gasteiger partial charge in [0.15, 0.2) is 5.65 Å². The van der Waals surface area contributed by atoms with Crippen LogP contribution in [0.2, 0.25) is 0 Å². The molecule has 0 atom stereocenters. The summed E-state index contributed by atoms with van der Waals surface area (Å²) in [5.41, 5.74) is 4.26. The lowest BCUT2D eigenvalue weighted by atomic mass is 10.1. The minimum Gasteiger partial charge on any atom is -0.423 e.